The Balaban J connectivity index is 1.74. The lowest BCUT2D eigenvalue weighted by atomic mass is 9.75. The summed E-state index contributed by atoms with van der Waals surface area (Å²) in [6.07, 6.45) is 2.34. The zero-order valence-corrected chi connectivity index (χ0v) is 16.6. The molecule has 0 bridgehead atoms. The number of rotatable bonds is 6. The van der Waals surface area contributed by atoms with Gasteiger partial charge in [-0.2, -0.15) is 0 Å². The van der Waals surface area contributed by atoms with Crippen molar-refractivity contribution in [2.45, 2.75) is 33.6 Å². The van der Waals surface area contributed by atoms with Gasteiger partial charge in [-0.1, -0.05) is 87.5 Å². The molecule has 0 spiro atoms. The maximum atomic E-state index is 2.42. The molecule has 136 valence electrons. The van der Waals surface area contributed by atoms with Crippen LogP contribution >= 0.6 is 0 Å². The van der Waals surface area contributed by atoms with Gasteiger partial charge < -0.3 is 4.90 Å². The molecule has 1 unspecified atom stereocenters. The van der Waals surface area contributed by atoms with Crippen molar-refractivity contribution in [3.05, 3.63) is 78.4 Å². The molecule has 1 nitrogen and oxygen atoms in total. The first kappa shape index (κ1) is 18.5. The summed E-state index contributed by atoms with van der Waals surface area (Å²) in [7, 11) is 2.23. The molecule has 3 aromatic rings. The van der Waals surface area contributed by atoms with E-state index in [-0.39, 0.29) is 0 Å². The van der Waals surface area contributed by atoms with E-state index >= 15 is 0 Å². The molecule has 0 saturated carbocycles. The monoisotopic (exact) mass is 345 g/mol. The minimum Gasteiger partial charge on any atom is -0.374 e. The van der Waals surface area contributed by atoms with Crippen LogP contribution in [0.1, 0.15) is 32.8 Å². The van der Waals surface area contributed by atoms with Crippen molar-refractivity contribution in [2.75, 3.05) is 18.5 Å². The van der Waals surface area contributed by atoms with Gasteiger partial charge in [-0.25, -0.2) is 0 Å². The third-order valence-electron chi connectivity index (χ3n) is 5.54. The number of hydrogen-bond donors (Lipinski definition) is 0. The van der Waals surface area contributed by atoms with Crippen LogP contribution in [0.15, 0.2) is 72.8 Å². The van der Waals surface area contributed by atoms with Gasteiger partial charge in [-0.15, -0.1) is 0 Å². The quantitative estimate of drug-likeness (QED) is 0.488. The van der Waals surface area contributed by atoms with E-state index in [2.05, 4.69) is 106 Å². The van der Waals surface area contributed by atoms with Crippen LogP contribution in [0.5, 0.6) is 0 Å². The first-order valence-corrected chi connectivity index (χ1v) is 9.68. The lowest BCUT2D eigenvalue weighted by molar-refractivity contribution is 0.226. The summed E-state index contributed by atoms with van der Waals surface area (Å²) in [5.74, 6) is 0.655. The Labute approximate surface area is 158 Å². The standard InChI is InChI=1S/C25H31N/c1-25(2,3)22(19-20-11-6-5-7-12-20)17-18-26(4)24-16-10-14-21-13-8-9-15-23(21)24/h5-16,22H,17-19H2,1-4H3. The van der Waals surface area contributed by atoms with E-state index < -0.39 is 0 Å². The van der Waals surface area contributed by atoms with Gasteiger partial charge in [-0.3, -0.25) is 0 Å². The van der Waals surface area contributed by atoms with E-state index in [0.29, 0.717) is 11.3 Å². The molecule has 0 N–H and O–H groups in total. The summed E-state index contributed by atoms with van der Waals surface area (Å²) in [6.45, 7) is 8.19. The van der Waals surface area contributed by atoms with Crippen molar-refractivity contribution < 1.29 is 0 Å². The average Bonchev–Trinajstić information content (AvgIpc) is 2.64. The first-order valence-electron chi connectivity index (χ1n) is 9.68. The molecule has 0 amide bonds. The van der Waals surface area contributed by atoms with E-state index in [1.165, 1.54) is 28.4 Å². The highest BCUT2D eigenvalue weighted by molar-refractivity contribution is 5.94. The van der Waals surface area contributed by atoms with E-state index in [1.807, 2.05) is 0 Å². The van der Waals surface area contributed by atoms with Crippen molar-refractivity contribution >= 4 is 16.5 Å². The maximum Gasteiger partial charge on any atom is 0.0443 e. The second kappa shape index (κ2) is 7.95. The van der Waals surface area contributed by atoms with Crippen LogP contribution in [0.2, 0.25) is 0 Å². The molecule has 3 aromatic carbocycles. The van der Waals surface area contributed by atoms with E-state index in [4.69, 9.17) is 0 Å². The maximum absolute atomic E-state index is 2.42. The molecule has 26 heavy (non-hydrogen) atoms. The highest BCUT2D eigenvalue weighted by Gasteiger charge is 2.25. The molecule has 1 atom stereocenters. The van der Waals surface area contributed by atoms with Gasteiger partial charge in [0.2, 0.25) is 0 Å². The van der Waals surface area contributed by atoms with Gasteiger partial charge in [-0.05, 0) is 41.2 Å². The van der Waals surface area contributed by atoms with Crippen LogP contribution in [-0.2, 0) is 6.42 Å². The van der Waals surface area contributed by atoms with Crippen LogP contribution in [0.3, 0.4) is 0 Å². The van der Waals surface area contributed by atoms with Gasteiger partial charge in [0.05, 0.1) is 0 Å². The smallest absolute Gasteiger partial charge is 0.0443 e. The third kappa shape index (κ3) is 4.46. The van der Waals surface area contributed by atoms with E-state index in [0.717, 1.165) is 13.0 Å². The normalized spacial score (nSPS) is 12.9. The summed E-state index contributed by atoms with van der Waals surface area (Å²) >= 11 is 0. The Hall–Kier alpha value is -2.28. The van der Waals surface area contributed by atoms with Crippen LogP contribution in [0, 0.1) is 11.3 Å². The number of nitrogens with zero attached hydrogens (tertiary/aromatic N) is 1. The van der Waals surface area contributed by atoms with E-state index in [9.17, 15) is 0 Å². The molecular formula is C25H31N. The fourth-order valence-electron chi connectivity index (χ4n) is 3.75. The molecule has 3 rings (SSSR count). The van der Waals surface area contributed by atoms with Gasteiger partial charge in [0, 0.05) is 24.7 Å². The predicted octanol–water partition coefficient (Wildman–Crippen LogP) is 6.57. The lowest BCUT2D eigenvalue weighted by Gasteiger charge is -2.33. The summed E-state index contributed by atoms with van der Waals surface area (Å²) in [5, 5.41) is 2.65. The molecule has 0 saturated heterocycles. The molecule has 0 fully saturated rings. The fraction of sp³-hybridized carbons (Fsp3) is 0.360. The summed E-state index contributed by atoms with van der Waals surface area (Å²) in [6, 6.07) is 26.2. The molecule has 0 aromatic heterocycles. The van der Waals surface area contributed by atoms with Gasteiger partial charge in [0.1, 0.15) is 0 Å². The van der Waals surface area contributed by atoms with Crippen LogP contribution in [0.4, 0.5) is 5.69 Å². The average molecular weight is 346 g/mol. The Morgan fingerprint density at radius 2 is 1.46 bits per heavy atom. The highest BCUT2D eigenvalue weighted by Crippen LogP contribution is 2.33. The fourth-order valence-corrected chi connectivity index (χ4v) is 3.75. The van der Waals surface area contributed by atoms with Crippen molar-refractivity contribution in [1.29, 1.82) is 0 Å². The number of hydrogen-bond acceptors (Lipinski definition) is 1. The number of benzene rings is 3. The molecule has 1 heteroatoms. The molecule has 0 radical (unpaired) electrons. The molecular weight excluding hydrogens is 314 g/mol. The largest absolute Gasteiger partial charge is 0.374 e. The van der Waals surface area contributed by atoms with Crippen molar-refractivity contribution in [3.63, 3.8) is 0 Å². The summed E-state index contributed by atoms with van der Waals surface area (Å²) in [5.41, 5.74) is 3.07. The Kier molecular flexibility index (Phi) is 5.66. The zero-order valence-electron chi connectivity index (χ0n) is 16.6. The van der Waals surface area contributed by atoms with Crippen molar-refractivity contribution in [3.8, 4) is 0 Å². The zero-order chi connectivity index (χ0) is 18.6. The predicted molar refractivity (Wildman–Crippen MR) is 115 cm³/mol. The molecule has 0 aliphatic rings. The second-order valence-corrected chi connectivity index (χ2v) is 8.46. The summed E-state index contributed by atoms with van der Waals surface area (Å²) in [4.78, 5) is 2.42. The second-order valence-electron chi connectivity index (χ2n) is 8.46. The Bertz CT molecular complexity index is 824. The van der Waals surface area contributed by atoms with Crippen LogP contribution in [-0.4, -0.2) is 13.6 Å². The minimum atomic E-state index is 0.301. The van der Waals surface area contributed by atoms with Gasteiger partial charge in [0.15, 0.2) is 0 Å². The van der Waals surface area contributed by atoms with Crippen molar-refractivity contribution in [2.24, 2.45) is 11.3 Å². The Morgan fingerprint density at radius 1 is 0.808 bits per heavy atom. The number of fused-ring (bicyclic) bond motifs is 1. The lowest BCUT2D eigenvalue weighted by Crippen LogP contribution is -2.28. The first-order chi connectivity index (χ1) is 12.4. The van der Waals surface area contributed by atoms with Crippen LogP contribution < -0.4 is 4.90 Å². The van der Waals surface area contributed by atoms with Gasteiger partial charge >= 0.3 is 0 Å². The van der Waals surface area contributed by atoms with E-state index in [1.54, 1.807) is 0 Å². The minimum absolute atomic E-state index is 0.301. The van der Waals surface area contributed by atoms with Crippen LogP contribution in [0.25, 0.3) is 10.8 Å². The Morgan fingerprint density at radius 3 is 2.19 bits per heavy atom. The molecule has 0 aliphatic carbocycles. The highest BCUT2D eigenvalue weighted by atomic mass is 15.1. The van der Waals surface area contributed by atoms with Crippen molar-refractivity contribution in [1.82, 2.24) is 0 Å². The number of anilines is 1. The topological polar surface area (TPSA) is 3.24 Å². The third-order valence-corrected chi connectivity index (χ3v) is 5.54. The summed E-state index contributed by atoms with van der Waals surface area (Å²) < 4.78 is 0. The molecule has 0 aliphatic heterocycles. The molecule has 0 heterocycles. The SMILES string of the molecule is CN(CCC(Cc1ccccc1)C(C)(C)C)c1cccc2ccccc12. The van der Waals surface area contributed by atoms with Gasteiger partial charge in [0.25, 0.3) is 0 Å².